The summed E-state index contributed by atoms with van der Waals surface area (Å²) in [7, 11) is 0. The molecule has 0 bridgehead atoms. The first-order chi connectivity index (χ1) is 17.5. The molecule has 1 aliphatic heterocycles. The molecular formula is C29H30FN3O3. The van der Waals surface area contributed by atoms with E-state index in [9.17, 15) is 14.0 Å². The number of hydrogen-bond acceptors (Lipinski definition) is 4. The second kappa shape index (κ2) is 11.5. The van der Waals surface area contributed by atoms with Gasteiger partial charge in [0, 0.05) is 30.9 Å². The fourth-order valence-electron chi connectivity index (χ4n) is 4.14. The Hall–Kier alpha value is -4.13. The molecule has 0 aliphatic carbocycles. The molecule has 0 unspecified atom stereocenters. The summed E-state index contributed by atoms with van der Waals surface area (Å²) in [6, 6.07) is 21.5. The van der Waals surface area contributed by atoms with Crippen molar-refractivity contribution in [3.05, 3.63) is 95.5 Å². The van der Waals surface area contributed by atoms with Crippen LogP contribution in [0.5, 0.6) is 5.75 Å². The maximum atomic E-state index is 14.2. The summed E-state index contributed by atoms with van der Waals surface area (Å²) in [5, 5.41) is 2.92. The number of hydrogen-bond donors (Lipinski definition) is 1. The van der Waals surface area contributed by atoms with Crippen molar-refractivity contribution in [3.63, 3.8) is 0 Å². The quantitative estimate of drug-likeness (QED) is 0.343. The Morgan fingerprint density at radius 1 is 1.08 bits per heavy atom. The van der Waals surface area contributed by atoms with Crippen molar-refractivity contribution in [1.82, 2.24) is 5.32 Å². The molecule has 0 atom stereocenters. The van der Waals surface area contributed by atoms with Crippen molar-refractivity contribution in [1.29, 1.82) is 0 Å². The van der Waals surface area contributed by atoms with Crippen LogP contribution in [-0.4, -0.2) is 38.0 Å². The van der Waals surface area contributed by atoms with E-state index in [0.29, 0.717) is 18.0 Å². The number of fused-ring (bicyclic) bond motifs is 1. The first-order valence-corrected chi connectivity index (χ1v) is 12.1. The molecule has 6 nitrogen and oxygen atoms in total. The summed E-state index contributed by atoms with van der Waals surface area (Å²) in [5.41, 5.74) is 3.10. The van der Waals surface area contributed by atoms with Gasteiger partial charge in [0.25, 0.3) is 5.91 Å². The van der Waals surface area contributed by atoms with Gasteiger partial charge in [-0.3, -0.25) is 14.5 Å². The molecule has 2 amide bonds. The average Bonchev–Trinajstić information content (AvgIpc) is 2.88. The number of amides is 2. The van der Waals surface area contributed by atoms with E-state index in [4.69, 9.17) is 4.74 Å². The van der Waals surface area contributed by atoms with Crippen molar-refractivity contribution in [2.24, 2.45) is 0 Å². The predicted molar refractivity (Wildman–Crippen MR) is 140 cm³/mol. The zero-order valence-corrected chi connectivity index (χ0v) is 20.5. The lowest BCUT2D eigenvalue weighted by atomic mass is 10.1. The summed E-state index contributed by atoms with van der Waals surface area (Å²) >= 11 is 0. The van der Waals surface area contributed by atoms with E-state index >= 15 is 0 Å². The molecular weight excluding hydrogens is 457 g/mol. The number of halogens is 1. The Morgan fingerprint density at radius 3 is 2.64 bits per heavy atom. The van der Waals surface area contributed by atoms with E-state index in [0.717, 1.165) is 25.2 Å². The van der Waals surface area contributed by atoms with E-state index in [1.165, 1.54) is 22.6 Å². The third kappa shape index (κ3) is 5.92. The molecule has 3 aromatic rings. The molecule has 0 fully saturated rings. The zero-order chi connectivity index (χ0) is 25.5. The lowest BCUT2D eigenvalue weighted by Gasteiger charge is -2.30. The fourth-order valence-corrected chi connectivity index (χ4v) is 4.14. The van der Waals surface area contributed by atoms with E-state index in [2.05, 4.69) is 42.3 Å². The lowest BCUT2D eigenvalue weighted by molar-refractivity contribution is -0.123. The van der Waals surface area contributed by atoms with Crippen LogP contribution in [0, 0.1) is 12.7 Å². The molecule has 4 rings (SSSR count). The molecule has 0 aromatic heterocycles. The minimum atomic E-state index is -0.497. The molecule has 1 aliphatic rings. The fraction of sp³-hybridized carbons (Fsp3) is 0.241. The number of nitrogens with one attached hydrogen (secondary N) is 1. The molecule has 7 heteroatoms. The van der Waals surface area contributed by atoms with Crippen LogP contribution >= 0.6 is 0 Å². The van der Waals surface area contributed by atoms with Gasteiger partial charge in [0.1, 0.15) is 12.4 Å². The molecule has 0 saturated carbocycles. The van der Waals surface area contributed by atoms with Gasteiger partial charge in [-0.2, -0.15) is 0 Å². The third-order valence-corrected chi connectivity index (χ3v) is 6.00. The van der Waals surface area contributed by atoms with Crippen LogP contribution in [0.2, 0.25) is 0 Å². The molecule has 36 heavy (non-hydrogen) atoms. The average molecular weight is 488 g/mol. The summed E-state index contributed by atoms with van der Waals surface area (Å²) < 4.78 is 19.9. The van der Waals surface area contributed by atoms with Crippen molar-refractivity contribution < 1.29 is 18.7 Å². The van der Waals surface area contributed by atoms with Crippen molar-refractivity contribution >= 4 is 29.3 Å². The minimum Gasteiger partial charge on any atom is -0.449 e. The normalized spacial score (nSPS) is 13.8. The number of nitrogens with zero attached hydrogens (tertiary/aromatic N) is 2. The van der Waals surface area contributed by atoms with E-state index < -0.39 is 11.7 Å². The number of anilines is 2. The molecule has 3 aromatic carbocycles. The Balaban J connectivity index is 1.40. The maximum absolute atomic E-state index is 14.2. The van der Waals surface area contributed by atoms with E-state index in [1.807, 2.05) is 6.07 Å². The largest absolute Gasteiger partial charge is 0.449 e. The van der Waals surface area contributed by atoms with Crippen LogP contribution < -0.4 is 19.9 Å². The first-order valence-electron chi connectivity index (χ1n) is 12.1. The summed E-state index contributed by atoms with van der Waals surface area (Å²) in [5.74, 6) is -0.837. The monoisotopic (exact) mass is 487 g/mol. The van der Waals surface area contributed by atoms with E-state index in [1.54, 1.807) is 42.5 Å². The lowest BCUT2D eigenvalue weighted by Crippen LogP contribution is -2.44. The number of para-hydroxylation sites is 2. The molecule has 186 valence electrons. The van der Waals surface area contributed by atoms with Crippen molar-refractivity contribution in [2.45, 2.75) is 20.3 Å². The number of carbonyl (C=O) groups is 2. The van der Waals surface area contributed by atoms with Crippen molar-refractivity contribution in [2.75, 3.05) is 36.0 Å². The Morgan fingerprint density at radius 2 is 1.86 bits per heavy atom. The highest BCUT2D eigenvalue weighted by molar-refractivity contribution is 6.12. The molecule has 1 heterocycles. The SMILES string of the molecule is CCN(CCCNC(=O)CN1C(=O)/C(=C\c2ccccc2F)Oc2ccccc21)c1cccc(C)c1. The topological polar surface area (TPSA) is 61.9 Å². The van der Waals surface area contributed by atoms with Gasteiger partial charge >= 0.3 is 0 Å². The highest BCUT2D eigenvalue weighted by Crippen LogP contribution is 2.35. The summed E-state index contributed by atoms with van der Waals surface area (Å²) in [4.78, 5) is 29.6. The second-order valence-electron chi connectivity index (χ2n) is 8.61. The molecule has 0 saturated heterocycles. The van der Waals surface area contributed by atoms with Gasteiger partial charge < -0.3 is 15.0 Å². The van der Waals surface area contributed by atoms with Gasteiger partial charge in [-0.25, -0.2) is 4.39 Å². The smallest absolute Gasteiger partial charge is 0.294 e. The van der Waals surface area contributed by atoms with Gasteiger partial charge in [0.15, 0.2) is 11.5 Å². The van der Waals surface area contributed by atoms with Gasteiger partial charge in [-0.05, 0) is 62.2 Å². The van der Waals surface area contributed by atoms with Crippen LogP contribution in [0.15, 0.2) is 78.6 Å². The van der Waals surface area contributed by atoms with Gasteiger partial charge in [-0.15, -0.1) is 0 Å². The first kappa shape index (κ1) is 25.0. The van der Waals surface area contributed by atoms with Gasteiger partial charge in [-0.1, -0.05) is 42.5 Å². The number of ether oxygens (including phenoxy) is 1. The highest BCUT2D eigenvalue weighted by Gasteiger charge is 2.31. The summed E-state index contributed by atoms with van der Waals surface area (Å²) in [6.07, 6.45) is 2.13. The van der Waals surface area contributed by atoms with Crippen LogP contribution in [0.3, 0.4) is 0 Å². The number of rotatable bonds is 9. The Labute approximate surface area is 211 Å². The van der Waals surface area contributed by atoms with Gasteiger partial charge in [0.05, 0.1) is 5.69 Å². The zero-order valence-electron chi connectivity index (χ0n) is 20.5. The number of carbonyl (C=O) groups excluding carboxylic acids is 2. The Bertz CT molecular complexity index is 1270. The standard InChI is InChI=1S/C29H30FN3O3/c1-3-32(23-12-8-10-21(2)18-23)17-9-16-31-28(34)20-33-25-14-6-7-15-26(25)36-27(29(33)35)19-22-11-4-5-13-24(22)30/h4-8,10-15,18-19H,3,9,16-17,20H2,1-2H3,(H,31,34)/b27-19+. The Kier molecular flexibility index (Phi) is 8.00. The van der Waals surface area contributed by atoms with Crippen LogP contribution in [0.25, 0.3) is 6.08 Å². The maximum Gasteiger partial charge on any atom is 0.294 e. The predicted octanol–water partition coefficient (Wildman–Crippen LogP) is 4.93. The van der Waals surface area contributed by atoms with Crippen LogP contribution in [-0.2, 0) is 9.59 Å². The van der Waals surface area contributed by atoms with Gasteiger partial charge in [0.2, 0.25) is 5.91 Å². The third-order valence-electron chi connectivity index (χ3n) is 6.00. The summed E-state index contributed by atoms with van der Waals surface area (Å²) in [6.45, 7) is 6.17. The number of benzene rings is 3. The number of aryl methyl sites for hydroxylation is 1. The second-order valence-corrected chi connectivity index (χ2v) is 8.61. The van der Waals surface area contributed by atoms with Crippen molar-refractivity contribution in [3.8, 4) is 5.75 Å². The molecule has 0 spiro atoms. The molecule has 1 N–H and O–H groups in total. The molecule has 0 radical (unpaired) electrons. The van der Waals surface area contributed by atoms with Crippen LogP contribution in [0.1, 0.15) is 24.5 Å². The highest BCUT2D eigenvalue weighted by atomic mass is 19.1. The van der Waals surface area contributed by atoms with Crippen LogP contribution in [0.4, 0.5) is 15.8 Å². The van der Waals surface area contributed by atoms with E-state index in [-0.39, 0.29) is 23.8 Å². The minimum absolute atomic E-state index is 0.0386.